The highest BCUT2D eigenvalue weighted by molar-refractivity contribution is 14.0. The molecular formula is C14H27IN4O2S2. The summed E-state index contributed by atoms with van der Waals surface area (Å²) < 4.78 is 22.6. The molecule has 0 aliphatic carbocycles. The quantitative estimate of drug-likeness (QED) is 0.376. The molecule has 1 rings (SSSR count). The van der Waals surface area contributed by atoms with Crippen LogP contribution in [0.15, 0.2) is 4.99 Å². The van der Waals surface area contributed by atoms with Gasteiger partial charge in [0.15, 0.2) is 15.8 Å². The molecule has 0 aliphatic heterocycles. The summed E-state index contributed by atoms with van der Waals surface area (Å²) in [6.07, 6.45) is 1.25. The van der Waals surface area contributed by atoms with Crippen LogP contribution in [0, 0.1) is 13.8 Å². The lowest BCUT2D eigenvalue weighted by Gasteiger charge is -2.24. The molecule has 6 nitrogen and oxygen atoms in total. The molecule has 134 valence electrons. The Balaban J connectivity index is 0.00000484. The van der Waals surface area contributed by atoms with E-state index in [1.165, 1.54) is 6.26 Å². The molecule has 23 heavy (non-hydrogen) atoms. The fourth-order valence-corrected chi connectivity index (χ4v) is 2.84. The van der Waals surface area contributed by atoms with Crippen molar-refractivity contribution in [3.05, 3.63) is 15.6 Å². The summed E-state index contributed by atoms with van der Waals surface area (Å²) in [5.74, 6) is 0.615. The second kappa shape index (κ2) is 9.16. The molecular weight excluding hydrogens is 447 g/mol. The standard InChI is InChI=1S/C14H26N4O2S2.HI/c1-7-15-13(17-9-14(4,5)22(6,19)20)16-8-12-10(2)18-11(3)21-12;/h7-9H2,1-6H3,(H2,15,16,17);1H. The van der Waals surface area contributed by atoms with E-state index in [2.05, 4.69) is 20.6 Å². The van der Waals surface area contributed by atoms with E-state index in [9.17, 15) is 8.42 Å². The van der Waals surface area contributed by atoms with Crippen molar-refractivity contribution in [3.63, 3.8) is 0 Å². The molecule has 0 radical (unpaired) electrons. The van der Waals surface area contributed by atoms with Gasteiger partial charge in [0.05, 0.1) is 22.0 Å². The zero-order valence-electron chi connectivity index (χ0n) is 14.6. The number of halogens is 1. The predicted octanol–water partition coefficient (Wildman–Crippen LogP) is 2.26. The number of rotatable bonds is 6. The molecule has 0 atom stereocenters. The van der Waals surface area contributed by atoms with Gasteiger partial charge >= 0.3 is 0 Å². The fourth-order valence-electron chi connectivity index (χ4n) is 1.64. The van der Waals surface area contributed by atoms with E-state index >= 15 is 0 Å². The largest absolute Gasteiger partial charge is 0.357 e. The number of thiazole rings is 1. The lowest BCUT2D eigenvalue weighted by Crippen LogP contribution is -2.47. The third-order valence-electron chi connectivity index (χ3n) is 3.41. The number of hydrogen-bond acceptors (Lipinski definition) is 5. The molecule has 1 aromatic heterocycles. The molecule has 1 heterocycles. The van der Waals surface area contributed by atoms with Crippen molar-refractivity contribution in [2.24, 2.45) is 4.99 Å². The summed E-state index contributed by atoms with van der Waals surface area (Å²) in [6.45, 7) is 10.9. The van der Waals surface area contributed by atoms with E-state index in [0.29, 0.717) is 25.6 Å². The molecule has 9 heteroatoms. The zero-order valence-corrected chi connectivity index (χ0v) is 18.5. The van der Waals surface area contributed by atoms with Gasteiger partial charge in [-0.15, -0.1) is 35.3 Å². The lowest BCUT2D eigenvalue weighted by atomic mass is 10.2. The van der Waals surface area contributed by atoms with Crippen molar-refractivity contribution in [2.45, 2.75) is 45.9 Å². The molecule has 0 saturated heterocycles. The minimum absolute atomic E-state index is 0. The Bertz CT molecular complexity index is 639. The maximum atomic E-state index is 11.7. The SMILES string of the molecule is CCNC(=NCc1sc(C)nc1C)NCC(C)(C)S(C)(=O)=O.I. The highest BCUT2D eigenvalue weighted by Gasteiger charge is 2.30. The van der Waals surface area contributed by atoms with Crippen molar-refractivity contribution in [3.8, 4) is 0 Å². The average molecular weight is 474 g/mol. The van der Waals surface area contributed by atoms with E-state index < -0.39 is 14.6 Å². The maximum absolute atomic E-state index is 11.7. The van der Waals surface area contributed by atoms with Gasteiger partial charge in [-0.2, -0.15) is 0 Å². The van der Waals surface area contributed by atoms with Crippen molar-refractivity contribution < 1.29 is 8.42 Å². The zero-order chi connectivity index (χ0) is 17.0. The van der Waals surface area contributed by atoms with Gasteiger partial charge in [-0.05, 0) is 34.6 Å². The summed E-state index contributed by atoms with van der Waals surface area (Å²) in [4.78, 5) is 10.0. The molecule has 0 amide bonds. The fraction of sp³-hybridized carbons (Fsp3) is 0.714. The normalized spacial score (nSPS) is 12.7. The Hall–Kier alpha value is -0.420. The third-order valence-corrected chi connectivity index (χ3v) is 6.62. The molecule has 0 fully saturated rings. The lowest BCUT2D eigenvalue weighted by molar-refractivity contribution is 0.544. The average Bonchev–Trinajstić information content (AvgIpc) is 2.70. The van der Waals surface area contributed by atoms with E-state index in [-0.39, 0.29) is 24.0 Å². The van der Waals surface area contributed by atoms with Crippen molar-refractivity contribution in [2.75, 3.05) is 19.3 Å². The smallest absolute Gasteiger partial charge is 0.191 e. The van der Waals surface area contributed by atoms with Gasteiger partial charge in [0.25, 0.3) is 0 Å². The van der Waals surface area contributed by atoms with E-state index in [0.717, 1.165) is 15.6 Å². The number of guanidine groups is 1. The van der Waals surface area contributed by atoms with E-state index in [1.54, 1.807) is 25.2 Å². The number of aryl methyl sites for hydroxylation is 2. The number of sulfone groups is 1. The number of nitrogens with zero attached hydrogens (tertiary/aromatic N) is 2. The minimum Gasteiger partial charge on any atom is -0.357 e. The van der Waals surface area contributed by atoms with Crippen LogP contribution in [0.1, 0.15) is 36.3 Å². The summed E-state index contributed by atoms with van der Waals surface area (Å²) >= 11 is 1.63. The first kappa shape index (κ1) is 22.6. The summed E-state index contributed by atoms with van der Waals surface area (Å²) in [7, 11) is -3.14. The molecule has 0 bridgehead atoms. The molecule has 0 aliphatic rings. The maximum Gasteiger partial charge on any atom is 0.191 e. The monoisotopic (exact) mass is 474 g/mol. The minimum atomic E-state index is -3.14. The molecule has 1 aromatic rings. The van der Waals surface area contributed by atoms with Crippen LogP contribution in [0.5, 0.6) is 0 Å². The molecule has 0 aromatic carbocycles. The Morgan fingerprint density at radius 3 is 2.35 bits per heavy atom. The van der Waals surface area contributed by atoms with E-state index in [1.807, 2.05) is 20.8 Å². The highest BCUT2D eigenvalue weighted by Crippen LogP contribution is 2.18. The molecule has 0 saturated carbocycles. The van der Waals surface area contributed by atoms with Gasteiger partial charge in [0, 0.05) is 24.2 Å². The van der Waals surface area contributed by atoms with Crippen molar-refractivity contribution in [1.82, 2.24) is 15.6 Å². The number of aliphatic imine (C=N–C) groups is 1. The highest BCUT2D eigenvalue weighted by atomic mass is 127. The van der Waals surface area contributed by atoms with Gasteiger partial charge in [0.1, 0.15) is 0 Å². The summed E-state index contributed by atoms with van der Waals surface area (Å²) in [5, 5.41) is 7.27. The first-order valence-corrected chi connectivity index (χ1v) is 9.92. The Morgan fingerprint density at radius 1 is 1.30 bits per heavy atom. The Morgan fingerprint density at radius 2 is 1.91 bits per heavy atom. The summed E-state index contributed by atoms with van der Waals surface area (Å²) in [5.41, 5.74) is 0.999. The molecule has 2 N–H and O–H groups in total. The third kappa shape index (κ3) is 6.92. The molecule has 0 unspecified atom stereocenters. The van der Waals surface area contributed by atoms with Gasteiger partial charge in [-0.1, -0.05) is 0 Å². The van der Waals surface area contributed by atoms with Gasteiger partial charge in [-0.25, -0.2) is 18.4 Å². The predicted molar refractivity (Wildman–Crippen MR) is 109 cm³/mol. The van der Waals surface area contributed by atoms with Crippen LogP contribution in [0.3, 0.4) is 0 Å². The number of aromatic nitrogens is 1. The first-order valence-electron chi connectivity index (χ1n) is 7.21. The van der Waals surface area contributed by atoms with Crippen LogP contribution in [0.2, 0.25) is 0 Å². The van der Waals surface area contributed by atoms with Crippen LogP contribution in [-0.2, 0) is 16.4 Å². The Kier molecular flexibility index (Phi) is 9.00. The van der Waals surface area contributed by atoms with Crippen LogP contribution < -0.4 is 10.6 Å². The van der Waals surface area contributed by atoms with E-state index in [4.69, 9.17) is 0 Å². The first-order chi connectivity index (χ1) is 10.1. The topological polar surface area (TPSA) is 83.4 Å². The van der Waals surface area contributed by atoms with Crippen molar-refractivity contribution >= 4 is 51.1 Å². The van der Waals surface area contributed by atoms with Crippen LogP contribution in [0.4, 0.5) is 0 Å². The number of nitrogens with one attached hydrogen (secondary N) is 2. The van der Waals surface area contributed by atoms with Crippen LogP contribution in [-0.4, -0.2) is 43.5 Å². The van der Waals surface area contributed by atoms with Crippen molar-refractivity contribution in [1.29, 1.82) is 0 Å². The van der Waals surface area contributed by atoms with Gasteiger partial charge in [-0.3, -0.25) is 0 Å². The molecule has 0 spiro atoms. The van der Waals surface area contributed by atoms with Crippen LogP contribution >= 0.6 is 35.3 Å². The van der Waals surface area contributed by atoms with Gasteiger partial charge in [0.2, 0.25) is 0 Å². The van der Waals surface area contributed by atoms with Crippen LogP contribution in [0.25, 0.3) is 0 Å². The second-order valence-corrected chi connectivity index (χ2v) is 9.76. The summed E-state index contributed by atoms with van der Waals surface area (Å²) in [6, 6.07) is 0. The number of hydrogen-bond donors (Lipinski definition) is 2. The Labute approximate surface area is 160 Å². The second-order valence-electron chi connectivity index (χ2n) is 5.82. The van der Waals surface area contributed by atoms with Gasteiger partial charge < -0.3 is 10.6 Å².